The highest BCUT2D eigenvalue weighted by atomic mass is 31.2. The van der Waals surface area contributed by atoms with Gasteiger partial charge in [0.25, 0.3) is 0 Å². The fraction of sp³-hybridized carbons (Fsp3) is 0.653. The van der Waals surface area contributed by atoms with E-state index in [0.29, 0.717) is 32.1 Å². The first-order chi connectivity index (χ1) is 45.7. The smallest absolute Gasteiger partial charge is 0.462 e. The fourth-order valence-corrected chi connectivity index (χ4v) is 10.4. The first-order valence-electron chi connectivity index (χ1n) is 35.4. The van der Waals surface area contributed by atoms with Gasteiger partial charge >= 0.3 is 39.5 Å². The van der Waals surface area contributed by atoms with Crippen LogP contribution in [0.15, 0.2) is 134 Å². The molecule has 0 spiro atoms. The van der Waals surface area contributed by atoms with Crippen molar-refractivity contribution in [3.05, 3.63) is 134 Å². The standard InChI is InChI=1S/C75H124O17P2/c1-5-9-13-17-21-25-29-31-33-34-36-38-42-44-48-52-56-60-73(78)86-66-71(92-75(80)62-58-54-50-46-40-28-24-20-16-12-8-4)68-90-94(83,84)88-64-69(76)63-87-93(81,82)89-67-70(91-74(79)61-57-53-49-45-39-27-23-19-15-11-7-3)65-85-72(77)59-55-51-47-43-41-37-35-32-30-26-22-18-14-10-6-2/h9-10,13-14,20-22,24-26,31-33,35-36,38,41,43-44,48,51,55,69-71,76H,5-8,11-12,15-19,23,27-30,34,37,39-40,42,45-47,49-50,52-54,56-68H2,1-4H3,(H,81,82)(H,83,84)/b13-9-,14-10-,24-20-,25-21-,26-22-,33-31-,35-32-,38-36-,43-41-,48-44-,55-51-. The number of allylic oxidation sites excluding steroid dienone is 21. The summed E-state index contributed by atoms with van der Waals surface area (Å²) in [5.74, 6) is -2.41. The summed E-state index contributed by atoms with van der Waals surface area (Å²) >= 11 is 0. The number of rotatable bonds is 65. The molecule has 0 heterocycles. The van der Waals surface area contributed by atoms with Crippen molar-refractivity contribution in [2.24, 2.45) is 0 Å². The van der Waals surface area contributed by atoms with E-state index in [1.807, 2.05) is 30.4 Å². The molecule has 17 nitrogen and oxygen atoms in total. The van der Waals surface area contributed by atoms with Crippen LogP contribution in [-0.2, 0) is 65.4 Å². The lowest BCUT2D eigenvalue weighted by Gasteiger charge is -2.21. The van der Waals surface area contributed by atoms with Crippen molar-refractivity contribution >= 4 is 39.5 Å². The zero-order valence-electron chi connectivity index (χ0n) is 58.1. The van der Waals surface area contributed by atoms with Crippen LogP contribution in [0, 0.1) is 0 Å². The topological polar surface area (TPSA) is 237 Å². The van der Waals surface area contributed by atoms with Crippen LogP contribution in [0.2, 0.25) is 0 Å². The maximum atomic E-state index is 13.0. The third-order valence-corrected chi connectivity index (χ3v) is 16.0. The Morgan fingerprint density at radius 3 is 1.02 bits per heavy atom. The second kappa shape index (κ2) is 66.8. The molecule has 0 rings (SSSR count). The molecule has 0 aromatic rings. The number of ether oxygens (including phenoxy) is 4. The minimum atomic E-state index is -4.99. The zero-order valence-corrected chi connectivity index (χ0v) is 59.9. The number of carbonyl (C=O) groups is 4. The molecule has 0 aromatic carbocycles. The van der Waals surface area contributed by atoms with E-state index in [0.717, 1.165) is 122 Å². The summed E-state index contributed by atoms with van der Waals surface area (Å²) in [5, 5.41) is 10.6. The Kier molecular flexibility index (Phi) is 63.4. The van der Waals surface area contributed by atoms with Crippen molar-refractivity contribution < 1.29 is 80.2 Å². The fourth-order valence-electron chi connectivity index (χ4n) is 8.78. The summed E-state index contributed by atoms with van der Waals surface area (Å²) in [5.41, 5.74) is 0. The quantitative estimate of drug-likeness (QED) is 0.0169. The Labute approximate surface area is 567 Å². The second-order valence-electron chi connectivity index (χ2n) is 23.1. The summed E-state index contributed by atoms with van der Waals surface area (Å²) in [4.78, 5) is 72.5. The molecular formula is C75H124O17P2. The summed E-state index contributed by atoms with van der Waals surface area (Å²) in [7, 11) is -9.98. The number of aliphatic hydroxyl groups is 1. The van der Waals surface area contributed by atoms with Crippen molar-refractivity contribution in [2.75, 3.05) is 39.6 Å². The lowest BCUT2D eigenvalue weighted by molar-refractivity contribution is -0.161. The highest BCUT2D eigenvalue weighted by Gasteiger charge is 2.30. The minimum Gasteiger partial charge on any atom is -0.462 e. The SMILES string of the molecule is CC/C=C\C/C=C\C/C=C\C/C=C\C/C=C\CCCC(=O)OCC(COP(=O)(O)OCC(O)COP(=O)(O)OCC(COC(=O)C/C=C\C/C=C\C/C=C\C/C=C\C/C=C\CC)OC(=O)CCCCCCCCCCCCC)OC(=O)CCCCCCC/C=C\CCCC. The first-order valence-corrected chi connectivity index (χ1v) is 38.4. The van der Waals surface area contributed by atoms with Crippen molar-refractivity contribution in [1.82, 2.24) is 0 Å². The molecule has 5 unspecified atom stereocenters. The molecule has 19 heteroatoms. The van der Waals surface area contributed by atoms with Gasteiger partial charge in [-0.3, -0.25) is 37.3 Å². The third-order valence-electron chi connectivity index (χ3n) is 14.1. The molecule has 0 aromatic heterocycles. The predicted octanol–water partition coefficient (Wildman–Crippen LogP) is 19.8. The average Bonchev–Trinajstić information content (AvgIpc) is 1.32. The molecule has 536 valence electrons. The number of carbonyl (C=O) groups excluding carboxylic acids is 4. The van der Waals surface area contributed by atoms with Crippen LogP contribution in [0.4, 0.5) is 0 Å². The van der Waals surface area contributed by atoms with E-state index in [4.69, 9.17) is 37.0 Å². The summed E-state index contributed by atoms with van der Waals surface area (Å²) < 4.78 is 68.0. The van der Waals surface area contributed by atoms with E-state index >= 15 is 0 Å². The van der Waals surface area contributed by atoms with Crippen LogP contribution in [-0.4, -0.2) is 96.7 Å². The molecular weight excluding hydrogens is 1230 g/mol. The molecule has 0 saturated carbocycles. The summed E-state index contributed by atoms with van der Waals surface area (Å²) in [6.07, 6.45) is 72.3. The van der Waals surface area contributed by atoms with Gasteiger partial charge in [0.1, 0.15) is 19.3 Å². The van der Waals surface area contributed by atoms with E-state index in [9.17, 15) is 43.2 Å². The molecule has 0 saturated heterocycles. The van der Waals surface area contributed by atoms with Gasteiger partial charge in [-0.05, 0) is 109 Å². The van der Waals surface area contributed by atoms with Crippen LogP contribution in [0.25, 0.3) is 0 Å². The predicted molar refractivity (Wildman–Crippen MR) is 381 cm³/mol. The maximum absolute atomic E-state index is 13.0. The van der Waals surface area contributed by atoms with E-state index in [1.54, 1.807) is 6.08 Å². The van der Waals surface area contributed by atoms with Crippen LogP contribution < -0.4 is 0 Å². The van der Waals surface area contributed by atoms with Crippen LogP contribution >= 0.6 is 15.6 Å². The van der Waals surface area contributed by atoms with E-state index in [2.05, 4.69) is 125 Å². The minimum absolute atomic E-state index is 0.0671. The molecule has 0 amide bonds. The van der Waals surface area contributed by atoms with Gasteiger partial charge in [-0.1, -0.05) is 258 Å². The number of hydrogen-bond donors (Lipinski definition) is 3. The van der Waals surface area contributed by atoms with Gasteiger partial charge in [-0.15, -0.1) is 0 Å². The Bertz CT molecular complexity index is 2310. The maximum Gasteiger partial charge on any atom is 0.472 e. The molecule has 5 atom stereocenters. The molecule has 0 aliphatic heterocycles. The second-order valence-corrected chi connectivity index (χ2v) is 26.0. The van der Waals surface area contributed by atoms with Gasteiger partial charge in [0, 0.05) is 19.3 Å². The van der Waals surface area contributed by atoms with Gasteiger partial charge in [0.05, 0.1) is 32.8 Å². The number of phosphoric ester groups is 2. The van der Waals surface area contributed by atoms with Crippen molar-refractivity contribution in [2.45, 2.75) is 277 Å². The van der Waals surface area contributed by atoms with Crippen LogP contribution in [0.3, 0.4) is 0 Å². The number of esters is 4. The Morgan fingerprint density at radius 1 is 0.319 bits per heavy atom. The third kappa shape index (κ3) is 65.8. The molecule has 3 N–H and O–H groups in total. The van der Waals surface area contributed by atoms with E-state index in [-0.39, 0.29) is 25.7 Å². The highest BCUT2D eigenvalue weighted by Crippen LogP contribution is 2.45. The molecule has 0 bridgehead atoms. The van der Waals surface area contributed by atoms with E-state index < -0.39 is 97.5 Å². The van der Waals surface area contributed by atoms with Crippen molar-refractivity contribution in [3.8, 4) is 0 Å². The lowest BCUT2D eigenvalue weighted by atomic mass is 10.1. The molecule has 94 heavy (non-hydrogen) atoms. The van der Waals surface area contributed by atoms with Crippen LogP contribution in [0.1, 0.15) is 259 Å². The van der Waals surface area contributed by atoms with Gasteiger partial charge < -0.3 is 33.8 Å². The van der Waals surface area contributed by atoms with Gasteiger partial charge in [0.2, 0.25) is 0 Å². The zero-order chi connectivity index (χ0) is 69.0. The van der Waals surface area contributed by atoms with E-state index in [1.165, 1.54) is 51.4 Å². The normalized spacial score (nSPS) is 14.8. The van der Waals surface area contributed by atoms with Crippen molar-refractivity contribution in [3.63, 3.8) is 0 Å². The summed E-state index contributed by atoms with van der Waals surface area (Å²) in [6, 6.07) is 0. The Hall–Kier alpha value is -4.80. The van der Waals surface area contributed by atoms with Gasteiger partial charge in [-0.2, -0.15) is 0 Å². The Morgan fingerprint density at radius 2 is 0.617 bits per heavy atom. The highest BCUT2D eigenvalue weighted by molar-refractivity contribution is 7.47. The molecule has 0 aliphatic rings. The van der Waals surface area contributed by atoms with Crippen LogP contribution in [0.5, 0.6) is 0 Å². The lowest BCUT2D eigenvalue weighted by Crippen LogP contribution is -2.30. The average molecular weight is 1360 g/mol. The number of phosphoric acid groups is 2. The number of aliphatic hydroxyl groups excluding tert-OH is 1. The summed E-state index contributed by atoms with van der Waals surface area (Å²) in [6.45, 7) is 4.37. The molecule has 0 aliphatic carbocycles. The Balaban J connectivity index is 5.42. The largest absolute Gasteiger partial charge is 0.472 e. The van der Waals surface area contributed by atoms with Crippen molar-refractivity contribution in [1.29, 1.82) is 0 Å². The number of hydrogen-bond acceptors (Lipinski definition) is 15. The first kappa shape index (κ1) is 89.2. The monoisotopic (exact) mass is 1360 g/mol. The number of unbranched alkanes of at least 4 members (excludes halogenated alkanes) is 18. The van der Waals surface area contributed by atoms with Gasteiger partial charge in [0.15, 0.2) is 12.2 Å². The molecule has 0 radical (unpaired) electrons. The van der Waals surface area contributed by atoms with Gasteiger partial charge in [-0.25, -0.2) is 9.13 Å². The molecule has 0 fully saturated rings.